The number of thioether (sulfide) groups is 1. The van der Waals surface area contributed by atoms with Crippen LogP contribution in [0.4, 0.5) is 0 Å². The van der Waals surface area contributed by atoms with Crippen LogP contribution in [0.2, 0.25) is 0 Å². The van der Waals surface area contributed by atoms with Crippen LogP contribution in [0.3, 0.4) is 0 Å². The molecule has 0 saturated heterocycles. The molecule has 0 fully saturated rings. The number of nitrogens with one attached hydrogen (secondary N) is 1. The average Bonchev–Trinajstić information content (AvgIpc) is 2.43. The summed E-state index contributed by atoms with van der Waals surface area (Å²) in [6.07, 6.45) is 0.746. The summed E-state index contributed by atoms with van der Waals surface area (Å²) >= 11 is 1.66. The molecular formula is C15H25NO2S. The molecule has 0 aromatic heterocycles. The van der Waals surface area contributed by atoms with Crippen molar-refractivity contribution >= 4 is 11.8 Å². The predicted octanol–water partition coefficient (Wildman–Crippen LogP) is 2.85. The smallest absolute Gasteiger partial charge is 0.0867 e. The summed E-state index contributed by atoms with van der Waals surface area (Å²) < 4.78 is 4.91. The fourth-order valence-corrected chi connectivity index (χ4v) is 2.57. The summed E-state index contributed by atoms with van der Waals surface area (Å²) in [6, 6.07) is 8.92. The molecule has 0 saturated carbocycles. The molecular weight excluding hydrogens is 258 g/mol. The molecule has 0 aliphatic rings. The van der Waals surface area contributed by atoms with Gasteiger partial charge in [-0.1, -0.05) is 19.1 Å². The van der Waals surface area contributed by atoms with Gasteiger partial charge in [0.25, 0.3) is 0 Å². The second kappa shape index (κ2) is 9.37. The van der Waals surface area contributed by atoms with E-state index < -0.39 is 6.10 Å². The Hall–Kier alpha value is -0.550. The van der Waals surface area contributed by atoms with E-state index in [1.807, 2.05) is 0 Å². The quantitative estimate of drug-likeness (QED) is 0.684. The Morgan fingerprint density at radius 2 is 2.00 bits per heavy atom. The van der Waals surface area contributed by atoms with E-state index in [0.29, 0.717) is 18.4 Å². The van der Waals surface area contributed by atoms with Crippen molar-refractivity contribution in [2.24, 2.45) is 0 Å². The van der Waals surface area contributed by atoms with E-state index in [-0.39, 0.29) is 0 Å². The lowest BCUT2D eigenvalue weighted by molar-refractivity contribution is 0.0794. The zero-order chi connectivity index (χ0) is 14.1. The summed E-state index contributed by atoms with van der Waals surface area (Å²) in [5.41, 5.74) is 1.30. The van der Waals surface area contributed by atoms with Crippen molar-refractivity contribution < 1.29 is 9.84 Å². The van der Waals surface area contributed by atoms with Crippen molar-refractivity contribution in [2.45, 2.75) is 37.3 Å². The van der Waals surface area contributed by atoms with Gasteiger partial charge in [-0.3, -0.25) is 0 Å². The fraction of sp³-hybridized carbons (Fsp3) is 0.600. The van der Waals surface area contributed by atoms with Gasteiger partial charge in [0.15, 0.2) is 0 Å². The summed E-state index contributed by atoms with van der Waals surface area (Å²) in [6.45, 7) is 5.79. The van der Waals surface area contributed by atoms with Crippen LogP contribution in [0, 0.1) is 0 Å². The summed E-state index contributed by atoms with van der Waals surface area (Å²) in [5, 5.41) is 13.1. The zero-order valence-corrected chi connectivity index (χ0v) is 12.9. The number of ether oxygens (including phenoxy) is 1. The lowest BCUT2D eigenvalue weighted by Gasteiger charge is -2.14. The Morgan fingerprint density at radius 1 is 1.32 bits per heavy atom. The number of hydrogen-bond acceptors (Lipinski definition) is 4. The maximum atomic E-state index is 9.59. The van der Waals surface area contributed by atoms with Crippen molar-refractivity contribution in [3.8, 4) is 0 Å². The number of aliphatic hydroxyl groups excluding tert-OH is 1. The third kappa shape index (κ3) is 6.43. The van der Waals surface area contributed by atoms with Crippen LogP contribution in [0.25, 0.3) is 0 Å². The van der Waals surface area contributed by atoms with Gasteiger partial charge in [-0.05, 0) is 37.6 Å². The largest absolute Gasteiger partial charge is 0.390 e. The van der Waals surface area contributed by atoms with E-state index in [1.165, 1.54) is 10.5 Å². The van der Waals surface area contributed by atoms with Gasteiger partial charge in [0.2, 0.25) is 0 Å². The van der Waals surface area contributed by atoms with Gasteiger partial charge in [-0.2, -0.15) is 0 Å². The van der Waals surface area contributed by atoms with Gasteiger partial charge in [-0.15, -0.1) is 11.8 Å². The summed E-state index contributed by atoms with van der Waals surface area (Å²) in [4.78, 5) is 1.18. The summed E-state index contributed by atoms with van der Waals surface area (Å²) in [7, 11) is 1.60. The molecule has 0 amide bonds. The SMILES string of the molecule is CCCNC(C)c1ccc(SCC(O)COC)cc1. The number of aliphatic hydroxyl groups is 1. The first-order chi connectivity index (χ1) is 9.17. The van der Waals surface area contributed by atoms with Gasteiger partial charge in [0.05, 0.1) is 12.7 Å². The number of methoxy groups -OCH3 is 1. The highest BCUT2D eigenvalue weighted by Gasteiger charge is 2.06. The molecule has 0 bridgehead atoms. The molecule has 0 aliphatic carbocycles. The minimum atomic E-state index is -0.403. The highest BCUT2D eigenvalue weighted by atomic mass is 32.2. The van der Waals surface area contributed by atoms with Crippen molar-refractivity contribution in [3.05, 3.63) is 29.8 Å². The molecule has 108 valence electrons. The van der Waals surface area contributed by atoms with E-state index in [4.69, 9.17) is 4.74 Å². The third-order valence-corrected chi connectivity index (χ3v) is 4.04. The van der Waals surface area contributed by atoms with Crippen LogP contribution >= 0.6 is 11.8 Å². The van der Waals surface area contributed by atoms with E-state index in [2.05, 4.69) is 43.4 Å². The fourth-order valence-electron chi connectivity index (χ4n) is 1.76. The Labute approximate surface area is 120 Å². The summed E-state index contributed by atoms with van der Waals surface area (Å²) in [5.74, 6) is 0.664. The van der Waals surface area contributed by atoms with Gasteiger partial charge >= 0.3 is 0 Å². The molecule has 0 heterocycles. The highest BCUT2D eigenvalue weighted by Crippen LogP contribution is 2.21. The second-order valence-electron chi connectivity index (χ2n) is 4.67. The Balaban J connectivity index is 2.42. The molecule has 1 rings (SSSR count). The maximum absolute atomic E-state index is 9.59. The molecule has 19 heavy (non-hydrogen) atoms. The van der Waals surface area contributed by atoms with Crippen LogP contribution in [0.15, 0.2) is 29.2 Å². The molecule has 2 N–H and O–H groups in total. The number of benzene rings is 1. The second-order valence-corrected chi connectivity index (χ2v) is 5.76. The molecule has 0 aliphatic heterocycles. The molecule has 2 atom stereocenters. The molecule has 1 aromatic carbocycles. The van der Waals surface area contributed by atoms with Gasteiger partial charge in [0, 0.05) is 23.8 Å². The average molecular weight is 283 g/mol. The van der Waals surface area contributed by atoms with Crippen molar-refractivity contribution in [1.82, 2.24) is 5.32 Å². The Kier molecular flexibility index (Phi) is 8.14. The minimum Gasteiger partial charge on any atom is -0.390 e. The van der Waals surface area contributed by atoms with E-state index in [9.17, 15) is 5.11 Å². The molecule has 1 aromatic rings. The normalized spacial score (nSPS) is 14.3. The Morgan fingerprint density at radius 3 is 2.58 bits per heavy atom. The van der Waals surface area contributed by atoms with Crippen LogP contribution in [0.5, 0.6) is 0 Å². The van der Waals surface area contributed by atoms with Crippen molar-refractivity contribution in [3.63, 3.8) is 0 Å². The molecule has 4 heteroatoms. The molecule has 3 nitrogen and oxygen atoms in total. The van der Waals surface area contributed by atoms with Crippen LogP contribution < -0.4 is 5.32 Å². The van der Waals surface area contributed by atoms with Gasteiger partial charge in [0.1, 0.15) is 0 Å². The standard InChI is InChI=1S/C15H25NO2S/c1-4-9-16-12(2)13-5-7-15(8-6-13)19-11-14(17)10-18-3/h5-8,12,14,16-17H,4,9-11H2,1-3H3. The Bertz CT molecular complexity index is 343. The zero-order valence-electron chi connectivity index (χ0n) is 12.1. The van der Waals surface area contributed by atoms with Crippen LogP contribution in [-0.4, -0.2) is 37.2 Å². The van der Waals surface area contributed by atoms with Crippen molar-refractivity contribution in [2.75, 3.05) is 26.0 Å². The predicted molar refractivity (Wildman–Crippen MR) is 81.8 cm³/mol. The molecule has 0 radical (unpaired) electrons. The van der Waals surface area contributed by atoms with E-state index >= 15 is 0 Å². The first-order valence-corrected chi connectivity index (χ1v) is 7.79. The third-order valence-electron chi connectivity index (χ3n) is 2.88. The maximum Gasteiger partial charge on any atom is 0.0867 e. The first-order valence-electron chi connectivity index (χ1n) is 6.80. The van der Waals surface area contributed by atoms with E-state index in [1.54, 1.807) is 18.9 Å². The van der Waals surface area contributed by atoms with Crippen LogP contribution in [0.1, 0.15) is 31.9 Å². The first kappa shape index (κ1) is 16.5. The lowest BCUT2D eigenvalue weighted by Crippen LogP contribution is -2.19. The van der Waals surface area contributed by atoms with Crippen LogP contribution in [-0.2, 0) is 4.74 Å². The monoisotopic (exact) mass is 283 g/mol. The van der Waals surface area contributed by atoms with Crippen molar-refractivity contribution in [1.29, 1.82) is 0 Å². The molecule has 2 unspecified atom stereocenters. The highest BCUT2D eigenvalue weighted by molar-refractivity contribution is 7.99. The minimum absolute atomic E-state index is 0.387. The number of rotatable bonds is 9. The lowest BCUT2D eigenvalue weighted by atomic mass is 10.1. The van der Waals surface area contributed by atoms with Gasteiger partial charge < -0.3 is 15.2 Å². The van der Waals surface area contributed by atoms with E-state index in [0.717, 1.165) is 13.0 Å². The molecule has 0 spiro atoms. The topological polar surface area (TPSA) is 41.5 Å². The number of hydrogen-bond donors (Lipinski definition) is 2. The van der Waals surface area contributed by atoms with Gasteiger partial charge in [-0.25, -0.2) is 0 Å².